The van der Waals surface area contributed by atoms with Crippen molar-refractivity contribution in [1.82, 2.24) is 19.2 Å². The summed E-state index contributed by atoms with van der Waals surface area (Å²) in [5.74, 6) is -0.720. The van der Waals surface area contributed by atoms with Crippen LogP contribution in [0.4, 0.5) is 13.2 Å². The van der Waals surface area contributed by atoms with Crippen LogP contribution in [0.1, 0.15) is 43.0 Å². The minimum Gasteiger partial charge on any atom is -0.496 e. The van der Waals surface area contributed by atoms with Gasteiger partial charge in [-0.05, 0) is 43.2 Å². The molecule has 0 atom stereocenters. The van der Waals surface area contributed by atoms with Crippen molar-refractivity contribution in [3.63, 3.8) is 0 Å². The van der Waals surface area contributed by atoms with E-state index in [2.05, 4.69) is 10.1 Å². The third kappa shape index (κ3) is 6.61. The molecular weight excluding hydrogens is 529 g/mol. The number of ether oxygens (including phenoxy) is 3. The predicted molar refractivity (Wildman–Crippen MR) is 140 cm³/mol. The maximum Gasteiger partial charge on any atom is 0.389 e. The Morgan fingerprint density at radius 1 is 0.975 bits per heavy atom. The van der Waals surface area contributed by atoms with Crippen LogP contribution in [0.15, 0.2) is 49.1 Å². The molecule has 0 amide bonds. The first kappa shape index (κ1) is 28.7. The summed E-state index contributed by atoms with van der Waals surface area (Å²) in [5.41, 5.74) is 3.66. The molecule has 0 aliphatic heterocycles. The van der Waals surface area contributed by atoms with Gasteiger partial charge in [-0.2, -0.15) is 18.3 Å². The lowest BCUT2D eigenvalue weighted by molar-refractivity contribution is -0.143. The van der Waals surface area contributed by atoms with Gasteiger partial charge in [0.25, 0.3) is 0 Å². The van der Waals surface area contributed by atoms with Crippen molar-refractivity contribution in [3.05, 3.63) is 54.6 Å². The van der Waals surface area contributed by atoms with Crippen LogP contribution >= 0.6 is 0 Å². The third-order valence-corrected chi connectivity index (χ3v) is 6.27. The highest BCUT2D eigenvalue weighted by molar-refractivity contribution is 6.02. The molecule has 0 spiro atoms. The number of aryl methyl sites for hydroxylation is 1. The van der Waals surface area contributed by atoms with E-state index < -0.39 is 24.8 Å². The second-order valence-corrected chi connectivity index (χ2v) is 8.98. The van der Waals surface area contributed by atoms with E-state index in [1.54, 1.807) is 36.1 Å². The minimum absolute atomic E-state index is 0.0339. The van der Waals surface area contributed by atoms with Crippen LogP contribution in [-0.4, -0.2) is 57.9 Å². The number of rotatable bonds is 12. The zero-order valence-corrected chi connectivity index (χ0v) is 22.3. The molecule has 3 aromatic heterocycles. The fraction of sp³-hybridized carbons (Fsp3) is 0.357. The SMILES string of the molecule is CCOC(=O)CCCn1cc(-c2ccn3c(-c4cc(OC)c(C(=O)CCC(F)(F)F)c(OC)c4)cnc3c2)cn1. The van der Waals surface area contributed by atoms with Gasteiger partial charge in [0.1, 0.15) is 22.7 Å². The number of halogens is 3. The van der Waals surface area contributed by atoms with Crippen LogP contribution in [0.3, 0.4) is 0 Å². The predicted octanol–water partition coefficient (Wildman–Crippen LogP) is 5.75. The molecule has 9 nitrogen and oxygen atoms in total. The van der Waals surface area contributed by atoms with Gasteiger partial charge in [0.15, 0.2) is 5.78 Å². The molecule has 0 saturated carbocycles. The van der Waals surface area contributed by atoms with Crippen molar-refractivity contribution in [2.75, 3.05) is 20.8 Å². The number of imidazole rings is 1. The topological polar surface area (TPSA) is 97.0 Å². The standard InChI is InChI=1S/C28H29F3N4O5/c1-4-40-26(37)6-5-10-34-17-20(15-33-34)18-8-11-35-21(16-32-25(35)14-18)19-12-23(38-2)27(24(13-19)39-3)22(36)7-9-28(29,30)31/h8,11-17H,4-7,9-10H2,1-3H3. The normalized spacial score (nSPS) is 11.6. The molecule has 0 bridgehead atoms. The van der Waals surface area contributed by atoms with Crippen LogP contribution in [0.25, 0.3) is 28.0 Å². The van der Waals surface area contributed by atoms with E-state index >= 15 is 0 Å². The van der Waals surface area contributed by atoms with Crippen molar-refractivity contribution >= 4 is 17.4 Å². The Bertz CT molecular complexity index is 1480. The molecule has 0 fully saturated rings. The van der Waals surface area contributed by atoms with Crippen molar-refractivity contribution in [2.24, 2.45) is 0 Å². The number of alkyl halides is 3. The summed E-state index contributed by atoms with van der Waals surface area (Å²) in [7, 11) is 2.69. The number of methoxy groups -OCH3 is 2. The number of ketones is 1. The molecule has 1 aromatic carbocycles. The summed E-state index contributed by atoms with van der Waals surface area (Å²) in [6.07, 6.45) is 1.66. The number of Topliss-reactive ketones (excluding diaryl/α,β-unsaturated/α-hetero) is 1. The zero-order valence-electron chi connectivity index (χ0n) is 22.3. The van der Waals surface area contributed by atoms with Crippen molar-refractivity contribution in [3.8, 4) is 33.9 Å². The highest BCUT2D eigenvalue weighted by atomic mass is 19.4. The van der Waals surface area contributed by atoms with Crippen molar-refractivity contribution in [2.45, 2.75) is 45.3 Å². The summed E-state index contributed by atoms with van der Waals surface area (Å²) in [6, 6.07) is 6.97. The molecule has 12 heteroatoms. The quantitative estimate of drug-likeness (QED) is 0.161. The average Bonchev–Trinajstić information content (AvgIpc) is 3.57. The first-order valence-corrected chi connectivity index (χ1v) is 12.7. The number of nitrogens with zero attached hydrogens (tertiary/aromatic N) is 4. The first-order valence-electron chi connectivity index (χ1n) is 12.7. The first-order chi connectivity index (χ1) is 19.1. The van der Waals surface area contributed by atoms with Crippen LogP contribution in [0, 0.1) is 0 Å². The van der Waals surface area contributed by atoms with Gasteiger partial charge in [-0.1, -0.05) is 0 Å². The summed E-state index contributed by atoms with van der Waals surface area (Å²) in [4.78, 5) is 28.7. The Morgan fingerprint density at radius 3 is 2.35 bits per heavy atom. The second-order valence-electron chi connectivity index (χ2n) is 8.98. The fourth-order valence-electron chi connectivity index (χ4n) is 4.34. The number of fused-ring (bicyclic) bond motifs is 1. The van der Waals surface area contributed by atoms with E-state index in [4.69, 9.17) is 14.2 Å². The summed E-state index contributed by atoms with van der Waals surface area (Å²) < 4.78 is 57.4. The van der Waals surface area contributed by atoms with Gasteiger partial charge >= 0.3 is 12.1 Å². The van der Waals surface area contributed by atoms with Crippen LogP contribution in [0.5, 0.6) is 11.5 Å². The summed E-state index contributed by atoms with van der Waals surface area (Å²) in [6.45, 7) is 2.71. The molecule has 0 aliphatic carbocycles. The highest BCUT2D eigenvalue weighted by Gasteiger charge is 2.30. The lowest BCUT2D eigenvalue weighted by atomic mass is 10.0. The molecule has 0 aliphatic rings. The molecule has 212 valence electrons. The number of aromatic nitrogens is 4. The highest BCUT2D eigenvalue weighted by Crippen LogP contribution is 2.37. The maximum absolute atomic E-state index is 12.7. The minimum atomic E-state index is -4.45. The summed E-state index contributed by atoms with van der Waals surface area (Å²) in [5, 5.41) is 4.38. The number of carbonyl (C=O) groups excluding carboxylic acids is 2. The zero-order chi connectivity index (χ0) is 28.9. The van der Waals surface area contributed by atoms with Crippen LogP contribution < -0.4 is 9.47 Å². The number of pyridine rings is 1. The number of hydrogen-bond donors (Lipinski definition) is 0. The smallest absolute Gasteiger partial charge is 0.389 e. The molecular formula is C28H29F3N4O5. The molecule has 4 aromatic rings. The molecule has 4 rings (SSSR count). The van der Waals surface area contributed by atoms with E-state index in [0.29, 0.717) is 42.9 Å². The fourth-order valence-corrected chi connectivity index (χ4v) is 4.34. The Morgan fingerprint density at radius 2 is 1.70 bits per heavy atom. The van der Waals surface area contributed by atoms with Gasteiger partial charge in [-0.15, -0.1) is 0 Å². The molecule has 0 radical (unpaired) electrons. The van der Waals surface area contributed by atoms with Gasteiger partial charge in [-0.25, -0.2) is 4.98 Å². The Hall–Kier alpha value is -4.35. The lowest BCUT2D eigenvalue weighted by Gasteiger charge is -2.15. The number of hydrogen-bond acceptors (Lipinski definition) is 7. The molecule has 0 unspecified atom stereocenters. The second kappa shape index (κ2) is 12.2. The van der Waals surface area contributed by atoms with E-state index in [-0.39, 0.29) is 23.0 Å². The van der Waals surface area contributed by atoms with Gasteiger partial charge < -0.3 is 14.2 Å². The third-order valence-electron chi connectivity index (χ3n) is 6.27. The summed E-state index contributed by atoms with van der Waals surface area (Å²) >= 11 is 0. The van der Waals surface area contributed by atoms with Gasteiger partial charge in [0.2, 0.25) is 0 Å². The monoisotopic (exact) mass is 558 g/mol. The molecule has 0 N–H and O–H groups in total. The Labute approximate surface area is 228 Å². The average molecular weight is 559 g/mol. The molecule has 3 heterocycles. The lowest BCUT2D eigenvalue weighted by Crippen LogP contribution is -2.12. The molecule has 0 saturated heterocycles. The number of esters is 1. The van der Waals surface area contributed by atoms with E-state index in [0.717, 1.165) is 11.1 Å². The van der Waals surface area contributed by atoms with Crippen LogP contribution in [-0.2, 0) is 16.1 Å². The van der Waals surface area contributed by atoms with Gasteiger partial charge in [-0.3, -0.25) is 18.7 Å². The van der Waals surface area contributed by atoms with E-state index in [9.17, 15) is 22.8 Å². The largest absolute Gasteiger partial charge is 0.496 e. The Kier molecular flexibility index (Phi) is 8.76. The van der Waals surface area contributed by atoms with Crippen LogP contribution in [0.2, 0.25) is 0 Å². The van der Waals surface area contributed by atoms with E-state index in [1.807, 2.05) is 28.9 Å². The maximum atomic E-state index is 12.7. The van der Waals surface area contributed by atoms with Gasteiger partial charge in [0, 0.05) is 42.9 Å². The Balaban J connectivity index is 1.57. The van der Waals surface area contributed by atoms with E-state index in [1.165, 1.54) is 14.2 Å². The van der Waals surface area contributed by atoms with Crippen molar-refractivity contribution < 1.29 is 37.0 Å². The number of carbonyl (C=O) groups is 2. The number of benzene rings is 1. The van der Waals surface area contributed by atoms with Gasteiger partial charge in [0.05, 0.1) is 45.3 Å². The van der Waals surface area contributed by atoms with Crippen molar-refractivity contribution in [1.29, 1.82) is 0 Å². The molecule has 40 heavy (non-hydrogen) atoms.